The van der Waals surface area contributed by atoms with E-state index in [1.165, 1.54) is 4.90 Å². The van der Waals surface area contributed by atoms with Crippen LogP contribution in [0.15, 0.2) is 30.3 Å². The molecule has 18 heavy (non-hydrogen) atoms. The first-order valence-corrected chi connectivity index (χ1v) is 6.48. The summed E-state index contributed by atoms with van der Waals surface area (Å²) in [4.78, 5) is 15.3. The third-order valence-electron chi connectivity index (χ3n) is 3.59. The molecular weight excluding hydrogens is 228 g/mol. The number of hydrogen-bond donors (Lipinski definition) is 1. The molecule has 1 aliphatic rings. The van der Waals surface area contributed by atoms with Crippen molar-refractivity contribution in [2.45, 2.75) is 18.9 Å². The Morgan fingerprint density at radius 1 is 1.28 bits per heavy atom. The largest absolute Gasteiger partial charge is 0.415 e. The minimum atomic E-state index is -0.259. The maximum absolute atomic E-state index is 12.0. The molecule has 1 heterocycles. The highest BCUT2D eigenvalue weighted by molar-refractivity contribution is 5.70. The molecule has 98 valence electrons. The predicted molar refractivity (Wildman–Crippen MR) is 69.9 cm³/mol. The lowest BCUT2D eigenvalue weighted by Gasteiger charge is -2.32. The van der Waals surface area contributed by atoms with E-state index in [-0.39, 0.29) is 6.09 Å². The molecule has 0 bridgehead atoms. The lowest BCUT2D eigenvalue weighted by atomic mass is 10.0. The first-order chi connectivity index (χ1) is 8.66. The Labute approximate surface area is 108 Å². The number of amides is 1. The Morgan fingerprint density at radius 2 is 1.89 bits per heavy atom. The van der Waals surface area contributed by atoms with E-state index >= 15 is 0 Å². The van der Waals surface area contributed by atoms with Crippen LogP contribution in [0.1, 0.15) is 12.8 Å². The lowest BCUT2D eigenvalue weighted by Crippen LogP contribution is -3.10. The van der Waals surface area contributed by atoms with Crippen LogP contribution in [0, 0.1) is 0 Å². The highest BCUT2D eigenvalue weighted by Crippen LogP contribution is 2.13. The Hall–Kier alpha value is -1.55. The van der Waals surface area contributed by atoms with Gasteiger partial charge in [-0.05, 0) is 12.1 Å². The Morgan fingerprint density at radius 3 is 2.50 bits per heavy atom. The molecule has 1 aromatic carbocycles. The summed E-state index contributed by atoms with van der Waals surface area (Å²) >= 11 is 0. The molecule has 1 aliphatic heterocycles. The summed E-state index contributed by atoms with van der Waals surface area (Å²) in [7, 11) is 4.02. The zero-order valence-electron chi connectivity index (χ0n) is 11.1. The average molecular weight is 249 g/mol. The minimum Gasteiger partial charge on any atom is -0.410 e. The first kappa shape index (κ1) is 12.9. The normalized spacial score (nSPS) is 23.4. The van der Waals surface area contributed by atoms with Crippen molar-refractivity contribution < 1.29 is 14.4 Å². The van der Waals surface area contributed by atoms with Gasteiger partial charge in [-0.2, -0.15) is 0 Å². The number of likely N-dealkylation sites (tertiary alicyclic amines) is 1. The number of ether oxygens (including phenoxy) is 1. The number of piperidine rings is 1. The van der Waals surface area contributed by atoms with Crippen molar-refractivity contribution in [3.05, 3.63) is 30.3 Å². The van der Waals surface area contributed by atoms with Crippen molar-refractivity contribution in [1.82, 2.24) is 4.90 Å². The first-order valence-electron chi connectivity index (χ1n) is 6.48. The van der Waals surface area contributed by atoms with Gasteiger partial charge in [0.25, 0.3) is 0 Å². The number of carbonyl (C=O) groups excluding carboxylic acids is 1. The van der Waals surface area contributed by atoms with Gasteiger partial charge in [0.1, 0.15) is 5.75 Å². The van der Waals surface area contributed by atoms with Gasteiger partial charge in [-0.1, -0.05) is 18.2 Å². The van der Waals surface area contributed by atoms with Crippen LogP contribution in [-0.4, -0.2) is 44.2 Å². The fourth-order valence-corrected chi connectivity index (χ4v) is 2.29. The molecule has 1 aromatic rings. The Bertz CT molecular complexity index is 386. The molecule has 4 heteroatoms. The van der Waals surface area contributed by atoms with Gasteiger partial charge in [-0.25, -0.2) is 4.79 Å². The summed E-state index contributed by atoms with van der Waals surface area (Å²) in [5, 5.41) is 0. The number of nitrogens with one attached hydrogen (secondary N) is 1. The fourth-order valence-electron chi connectivity index (χ4n) is 2.29. The fraction of sp³-hybridized carbons (Fsp3) is 0.500. The van der Waals surface area contributed by atoms with Gasteiger partial charge in [0, 0.05) is 25.9 Å². The van der Waals surface area contributed by atoms with Gasteiger partial charge in [0.15, 0.2) is 0 Å². The smallest absolute Gasteiger partial charge is 0.410 e. The van der Waals surface area contributed by atoms with Crippen molar-refractivity contribution in [3.63, 3.8) is 0 Å². The number of nitrogens with zero attached hydrogens (tertiary/aromatic N) is 1. The van der Waals surface area contributed by atoms with Crippen LogP contribution in [0.5, 0.6) is 5.75 Å². The molecule has 1 N–H and O–H groups in total. The van der Waals surface area contributed by atoms with Gasteiger partial charge in [0.2, 0.25) is 0 Å². The molecular formula is C14H21N2O2+. The molecule has 0 aliphatic carbocycles. The van der Waals surface area contributed by atoms with E-state index in [1.807, 2.05) is 25.2 Å². The molecule has 1 saturated heterocycles. The summed E-state index contributed by atoms with van der Waals surface area (Å²) in [6.45, 7) is 2.24. The second-order valence-electron chi connectivity index (χ2n) is 4.98. The van der Waals surface area contributed by atoms with E-state index in [0.717, 1.165) is 25.9 Å². The van der Waals surface area contributed by atoms with Crippen LogP contribution in [-0.2, 0) is 0 Å². The third kappa shape index (κ3) is 3.23. The van der Waals surface area contributed by atoms with Crippen LogP contribution in [0.4, 0.5) is 4.79 Å². The molecule has 0 aromatic heterocycles. The van der Waals surface area contributed by atoms with Gasteiger partial charge >= 0.3 is 6.09 Å². The average Bonchev–Trinajstić information content (AvgIpc) is 2.40. The van der Waals surface area contributed by atoms with Gasteiger partial charge in [-0.15, -0.1) is 0 Å². The monoisotopic (exact) mass is 249 g/mol. The van der Waals surface area contributed by atoms with Gasteiger partial charge in [-0.3, -0.25) is 0 Å². The number of hydrogen-bond acceptors (Lipinski definition) is 2. The second kappa shape index (κ2) is 5.87. The Balaban J connectivity index is 1.89. The van der Waals surface area contributed by atoms with E-state index in [1.54, 1.807) is 17.0 Å². The maximum Gasteiger partial charge on any atom is 0.415 e. The van der Waals surface area contributed by atoms with Crippen LogP contribution >= 0.6 is 0 Å². The topological polar surface area (TPSA) is 34.0 Å². The van der Waals surface area contributed by atoms with E-state index < -0.39 is 0 Å². The molecule has 0 radical (unpaired) electrons. The minimum absolute atomic E-state index is 0.259. The maximum atomic E-state index is 12.0. The van der Waals surface area contributed by atoms with E-state index in [9.17, 15) is 4.79 Å². The van der Waals surface area contributed by atoms with Crippen LogP contribution < -0.4 is 9.64 Å². The predicted octanol–water partition coefficient (Wildman–Crippen LogP) is 0.794. The lowest BCUT2D eigenvalue weighted by molar-refractivity contribution is -0.885. The molecule has 2 rings (SSSR count). The van der Waals surface area contributed by atoms with Crippen molar-refractivity contribution in [3.8, 4) is 5.75 Å². The zero-order valence-corrected chi connectivity index (χ0v) is 11.1. The van der Waals surface area contributed by atoms with Crippen LogP contribution in [0.2, 0.25) is 0 Å². The summed E-state index contributed by atoms with van der Waals surface area (Å²) in [6.07, 6.45) is 1.84. The molecule has 0 spiro atoms. The Kier molecular flexibility index (Phi) is 4.20. The van der Waals surface area contributed by atoms with Crippen molar-refractivity contribution in [2.24, 2.45) is 0 Å². The zero-order chi connectivity index (χ0) is 13.0. The van der Waals surface area contributed by atoms with Crippen molar-refractivity contribution >= 4 is 6.09 Å². The number of quaternary nitrogens is 1. The van der Waals surface area contributed by atoms with E-state index in [2.05, 4.69) is 7.05 Å². The van der Waals surface area contributed by atoms with Crippen LogP contribution in [0.25, 0.3) is 0 Å². The summed E-state index contributed by atoms with van der Waals surface area (Å²) < 4.78 is 5.34. The summed E-state index contributed by atoms with van der Waals surface area (Å²) in [6, 6.07) is 9.53. The third-order valence-corrected chi connectivity index (χ3v) is 3.59. The number of benzene rings is 1. The molecule has 4 nitrogen and oxygen atoms in total. The molecule has 1 amide bonds. The van der Waals surface area contributed by atoms with Crippen molar-refractivity contribution in [1.29, 1.82) is 0 Å². The second-order valence-corrected chi connectivity index (χ2v) is 4.98. The number of rotatable bonds is 2. The van der Waals surface area contributed by atoms with Crippen LogP contribution in [0.3, 0.4) is 0 Å². The molecule has 0 unspecified atom stereocenters. The standard InChI is InChI=1S/C14H20N2O2/c1-15-10-8-12(9-11-15)16(2)14(17)18-13-6-4-3-5-7-13/h3-7,12H,8-11H2,1-2H3/p+1. The quantitative estimate of drug-likeness (QED) is 0.841. The van der Waals surface area contributed by atoms with Crippen molar-refractivity contribution in [2.75, 3.05) is 27.2 Å². The van der Waals surface area contributed by atoms with Gasteiger partial charge < -0.3 is 14.5 Å². The highest BCUT2D eigenvalue weighted by atomic mass is 16.6. The van der Waals surface area contributed by atoms with Gasteiger partial charge in [0.05, 0.1) is 20.1 Å². The number of para-hydroxylation sites is 1. The summed E-state index contributed by atoms with van der Waals surface area (Å²) in [5.74, 6) is 0.605. The SMILES string of the molecule is CN(C(=O)Oc1ccccc1)C1CC[NH+](C)CC1. The molecule has 1 fully saturated rings. The molecule has 0 atom stereocenters. The molecule has 0 saturated carbocycles. The number of carbonyl (C=O) groups is 1. The highest BCUT2D eigenvalue weighted by Gasteiger charge is 2.26. The summed E-state index contributed by atoms with van der Waals surface area (Å²) in [5.41, 5.74) is 0. The van der Waals surface area contributed by atoms with E-state index in [4.69, 9.17) is 4.74 Å². The van der Waals surface area contributed by atoms with E-state index in [0.29, 0.717) is 11.8 Å².